The van der Waals surface area contributed by atoms with E-state index in [9.17, 15) is 0 Å². The highest BCUT2D eigenvalue weighted by Crippen LogP contribution is 2.38. The molecule has 1 aromatic carbocycles. The number of hydrogen-bond acceptors (Lipinski definition) is 3. The van der Waals surface area contributed by atoms with Crippen molar-refractivity contribution in [3.05, 3.63) is 29.8 Å². The highest BCUT2D eigenvalue weighted by atomic mass is 32.2. The van der Waals surface area contributed by atoms with E-state index in [1.54, 1.807) is 18.9 Å². The van der Waals surface area contributed by atoms with Crippen molar-refractivity contribution in [3.63, 3.8) is 0 Å². The number of nitrogens with zero attached hydrogens (tertiary/aromatic N) is 1. The third-order valence-corrected chi connectivity index (χ3v) is 3.33. The number of para-hydroxylation sites is 1. The van der Waals surface area contributed by atoms with Gasteiger partial charge in [-0.05, 0) is 6.07 Å². The molecule has 14 heavy (non-hydrogen) atoms. The zero-order valence-electron chi connectivity index (χ0n) is 8.31. The van der Waals surface area contributed by atoms with Crippen LogP contribution in [0.5, 0.6) is 5.75 Å². The Morgan fingerprint density at radius 3 is 2.79 bits per heavy atom. The van der Waals surface area contributed by atoms with Gasteiger partial charge in [0.1, 0.15) is 5.75 Å². The van der Waals surface area contributed by atoms with Gasteiger partial charge < -0.3 is 4.74 Å². The molecule has 1 heterocycles. The summed E-state index contributed by atoms with van der Waals surface area (Å²) in [4.78, 5) is 4.45. The molecule has 0 fully saturated rings. The average molecular weight is 207 g/mol. The van der Waals surface area contributed by atoms with Gasteiger partial charge in [0.25, 0.3) is 0 Å². The van der Waals surface area contributed by atoms with Crippen LogP contribution >= 0.6 is 11.8 Å². The van der Waals surface area contributed by atoms with Crippen LogP contribution in [0.1, 0.15) is 18.5 Å². The van der Waals surface area contributed by atoms with Crippen molar-refractivity contribution in [2.75, 3.05) is 7.11 Å². The lowest BCUT2D eigenvalue weighted by Gasteiger charge is -2.15. The van der Waals surface area contributed by atoms with E-state index in [1.165, 1.54) is 5.56 Å². The molecular weight excluding hydrogens is 194 g/mol. The number of methoxy groups -OCH3 is 1. The van der Waals surface area contributed by atoms with Crippen LogP contribution in [0.4, 0.5) is 0 Å². The second kappa shape index (κ2) is 4.05. The van der Waals surface area contributed by atoms with Crippen LogP contribution in [0.3, 0.4) is 0 Å². The first-order valence-electron chi connectivity index (χ1n) is 4.63. The minimum atomic E-state index is 0.246. The summed E-state index contributed by atoms with van der Waals surface area (Å²) in [6.07, 6.45) is 0. The average Bonchev–Trinajstić information content (AvgIpc) is 2.64. The monoisotopic (exact) mass is 207 g/mol. The van der Waals surface area contributed by atoms with Crippen molar-refractivity contribution in [1.82, 2.24) is 0 Å². The summed E-state index contributed by atoms with van der Waals surface area (Å²) >= 11 is 1.77. The van der Waals surface area contributed by atoms with Crippen LogP contribution in [0, 0.1) is 0 Å². The molecule has 1 aliphatic heterocycles. The third kappa shape index (κ3) is 1.64. The highest BCUT2D eigenvalue weighted by Gasteiger charge is 2.24. The van der Waals surface area contributed by atoms with Gasteiger partial charge in [-0.25, -0.2) is 0 Å². The molecule has 0 aliphatic carbocycles. The second-order valence-corrected chi connectivity index (χ2v) is 4.51. The molecule has 0 amide bonds. The van der Waals surface area contributed by atoms with Gasteiger partial charge in [0.2, 0.25) is 0 Å². The van der Waals surface area contributed by atoms with E-state index >= 15 is 0 Å². The summed E-state index contributed by atoms with van der Waals surface area (Å²) in [5.74, 6) is 0.934. The van der Waals surface area contributed by atoms with Crippen molar-refractivity contribution in [2.24, 2.45) is 4.99 Å². The maximum Gasteiger partial charge on any atom is 0.124 e. The van der Waals surface area contributed by atoms with Crippen LogP contribution in [-0.2, 0) is 0 Å². The fourth-order valence-electron chi connectivity index (χ4n) is 1.64. The molecule has 74 valence electrons. The Kier molecular flexibility index (Phi) is 2.77. The Labute approximate surface area is 88.4 Å². The van der Waals surface area contributed by atoms with Crippen LogP contribution in [0.2, 0.25) is 0 Å². The molecule has 2 unspecified atom stereocenters. The summed E-state index contributed by atoms with van der Waals surface area (Å²) < 4.78 is 5.32. The number of benzene rings is 1. The van der Waals surface area contributed by atoms with Crippen LogP contribution in [0.25, 0.3) is 0 Å². The Hall–Kier alpha value is -0.960. The van der Waals surface area contributed by atoms with Gasteiger partial charge in [0, 0.05) is 10.8 Å². The molecule has 2 rings (SSSR count). The van der Waals surface area contributed by atoms with Crippen LogP contribution < -0.4 is 4.74 Å². The van der Waals surface area contributed by atoms with Gasteiger partial charge in [0.05, 0.1) is 18.7 Å². The second-order valence-electron chi connectivity index (χ2n) is 3.28. The topological polar surface area (TPSA) is 21.6 Å². The smallest absolute Gasteiger partial charge is 0.124 e. The first kappa shape index (κ1) is 9.59. The predicted octanol–water partition coefficient (Wildman–Crippen LogP) is 2.90. The minimum absolute atomic E-state index is 0.246. The molecule has 1 aromatic rings. The largest absolute Gasteiger partial charge is 0.496 e. The van der Waals surface area contributed by atoms with Gasteiger partial charge in [-0.2, -0.15) is 0 Å². The molecule has 0 saturated carbocycles. The van der Waals surface area contributed by atoms with E-state index in [0.717, 1.165) is 5.75 Å². The lowest BCUT2D eigenvalue weighted by Crippen LogP contribution is -2.06. The van der Waals surface area contributed by atoms with Gasteiger partial charge in [-0.3, -0.25) is 4.99 Å². The van der Waals surface area contributed by atoms with Crippen molar-refractivity contribution in [3.8, 4) is 5.75 Å². The summed E-state index contributed by atoms with van der Waals surface area (Å²) in [7, 11) is 1.70. The van der Waals surface area contributed by atoms with Crippen molar-refractivity contribution in [1.29, 1.82) is 0 Å². The normalized spacial score (nSPS) is 25.3. The first-order valence-corrected chi connectivity index (χ1v) is 5.57. The maximum atomic E-state index is 5.32. The zero-order chi connectivity index (χ0) is 9.97. The van der Waals surface area contributed by atoms with Crippen molar-refractivity contribution < 1.29 is 4.74 Å². The van der Waals surface area contributed by atoms with Crippen LogP contribution in [-0.4, -0.2) is 17.9 Å². The quantitative estimate of drug-likeness (QED) is 0.743. The SMILES string of the molecule is COc1ccccc1C1N=CSC1C. The molecule has 0 bridgehead atoms. The molecule has 3 heteroatoms. The zero-order valence-corrected chi connectivity index (χ0v) is 9.12. The number of rotatable bonds is 2. The molecule has 2 atom stereocenters. The number of aliphatic imine (C=N–C) groups is 1. The number of hydrogen-bond donors (Lipinski definition) is 0. The molecule has 0 aromatic heterocycles. The predicted molar refractivity (Wildman–Crippen MR) is 61.3 cm³/mol. The van der Waals surface area contributed by atoms with E-state index in [4.69, 9.17) is 4.74 Å². The Morgan fingerprint density at radius 2 is 2.14 bits per heavy atom. The fraction of sp³-hybridized carbons (Fsp3) is 0.364. The molecule has 0 saturated heterocycles. The molecule has 1 aliphatic rings. The molecule has 0 N–H and O–H groups in total. The first-order chi connectivity index (χ1) is 6.83. The standard InChI is InChI=1S/C11H13NOS/c1-8-11(12-7-14-8)9-5-3-4-6-10(9)13-2/h3-8,11H,1-2H3. The Bertz CT molecular complexity index is 351. The molecule has 2 nitrogen and oxygen atoms in total. The van der Waals surface area contributed by atoms with E-state index in [2.05, 4.69) is 18.0 Å². The molecule has 0 radical (unpaired) electrons. The maximum absolute atomic E-state index is 5.32. The lowest BCUT2D eigenvalue weighted by molar-refractivity contribution is 0.406. The summed E-state index contributed by atoms with van der Waals surface area (Å²) in [6, 6.07) is 8.34. The van der Waals surface area contributed by atoms with E-state index in [-0.39, 0.29) is 6.04 Å². The van der Waals surface area contributed by atoms with Gasteiger partial charge in [0.15, 0.2) is 0 Å². The van der Waals surface area contributed by atoms with Gasteiger partial charge in [-0.1, -0.05) is 25.1 Å². The summed E-state index contributed by atoms with van der Waals surface area (Å²) in [5.41, 5.74) is 3.12. The third-order valence-electron chi connectivity index (χ3n) is 2.40. The molecular formula is C11H13NOS. The lowest BCUT2D eigenvalue weighted by atomic mass is 10.0. The Morgan fingerprint density at radius 1 is 1.36 bits per heavy atom. The van der Waals surface area contributed by atoms with Gasteiger partial charge >= 0.3 is 0 Å². The van der Waals surface area contributed by atoms with E-state index < -0.39 is 0 Å². The van der Waals surface area contributed by atoms with Crippen molar-refractivity contribution in [2.45, 2.75) is 18.2 Å². The molecule has 0 spiro atoms. The summed E-state index contributed by atoms with van der Waals surface area (Å²) in [5, 5.41) is 0.506. The fourth-order valence-corrected chi connectivity index (χ4v) is 2.40. The minimum Gasteiger partial charge on any atom is -0.496 e. The number of thioether (sulfide) groups is 1. The Balaban J connectivity index is 2.35. The van der Waals surface area contributed by atoms with Crippen molar-refractivity contribution >= 4 is 17.3 Å². The van der Waals surface area contributed by atoms with E-state index in [0.29, 0.717) is 5.25 Å². The number of ether oxygens (including phenoxy) is 1. The van der Waals surface area contributed by atoms with Gasteiger partial charge in [-0.15, -0.1) is 11.8 Å². The summed E-state index contributed by atoms with van der Waals surface area (Å²) in [6.45, 7) is 2.19. The van der Waals surface area contributed by atoms with E-state index in [1.807, 2.05) is 23.7 Å². The highest BCUT2D eigenvalue weighted by molar-refractivity contribution is 8.12. The van der Waals surface area contributed by atoms with Crippen LogP contribution in [0.15, 0.2) is 29.3 Å².